The van der Waals surface area contributed by atoms with Crippen molar-refractivity contribution in [1.29, 1.82) is 0 Å². The lowest BCUT2D eigenvalue weighted by Crippen LogP contribution is -2.42. The Labute approximate surface area is 93.0 Å². The van der Waals surface area contributed by atoms with E-state index in [1.165, 1.54) is 12.8 Å². The predicted molar refractivity (Wildman–Crippen MR) is 62.5 cm³/mol. The Balaban J connectivity index is 2.55. The van der Waals surface area contributed by atoms with Crippen molar-refractivity contribution >= 4 is 5.91 Å². The first kappa shape index (κ1) is 12.5. The van der Waals surface area contributed by atoms with Crippen molar-refractivity contribution in [3.8, 4) is 0 Å². The third-order valence-electron chi connectivity index (χ3n) is 3.27. The second-order valence-corrected chi connectivity index (χ2v) is 4.39. The standard InChI is InChI=1S/C12H24N2O/c1-2-11(8-9-13)14-10-6-4-3-5-7-12(14)15/h11H,2-10,13H2,1H3. The summed E-state index contributed by atoms with van der Waals surface area (Å²) in [5.74, 6) is 0.343. The number of nitrogens with zero attached hydrogens (tertiary/aromatic N) is 1. The molecule has 0 spiro atoms. The Kier molecular flexibility index (Phi) is 5.69. The minimum atomic E-state index is 0.343. The van der Waals surface area contributed by atoms with Crippen LogP contribution in [0.15, 0.2) is 0 Å². The quantitative estimate of drug-likeness (QED) is 0.773. The van der Waals surface area contributed by atoms with Gasteiger partial charge in [-0.2, -0.15) is 0 Å². The van der Waals surface area contributed by atoms with Crippen molar-refractivity contribution in [3.05, 3.63) is 0 Å². The first-order valence-corrected chi connectivity index (χ1v) is 6.29. The van der Waals surface area contributed by atoms with Crippen molar-refractivity contribution in [3.63, 3.8) is 0 Å². The van der Waals surface area contributed by atoms with Crippen LogP contribution in [0, 0.1) is 0 Å². The normalized spacial score (nSPS) is 20.9. The summed E-state index contributed by atoms with van der Waals surface area (Å²) in [6.07, 6.45) is 7.42. The summed E-state index contributed by atoms with van der Waals surface area (Å²) in [7, 11) is 0. The highest BCUT2D eigenvalue weighted by molar-refractivity contribution is 5.76. The van der Waals surface area contributed by atoms with Gasteiger partial charge in [0, 0.05) is 19.0 Å². The molecule has 1 fully saturated rings. The van der Waals surface area contributed by atoms with Gasteiger partial charge < -0.3 is 10.6 Å². The minimum absolute atomic E-state index is 0.343. The Morgan fingerprint density at radius 1 is 1.33 bits per heavy atom. The van der Waals surface area contributed by atoms with Gasteiger partial charge in [-0.3, -0.25) is 4.79 Å². The third-order valence-corrected chi connectivity index (χ3v) is 3.27. The SMILES string of the molecule is CCC(CCN)N1CCCCCCC1=O. The van der Waals surface area contributed by atoms with Crippen LogP contribution in [0.5, 0.6) is 0 Å². The second-order valence-electron chi connectivity index (χ2n) is 4.39. The first-order valence-electron chi connectivity index (χ1n) is 6.29. The zero-order chi connectivity index (χ0) is 11.1. The zero-order valence-corrected chi connectivity index (χ0v) is 9.87. The molecule has 1 unspecified atom stereocenters. The number of nitrogens with two attached hydrogens (primary N) is 1. The third kappa shape index (κ3) is 3.82. The van der Waals surface area contributed by atoms with Crippen LogP contribution in [0.4, 0.5) is 0 Å². The van der Waals surface area contributed by atoms with Crippen LogP contribution in [0.25, 0.3) is 0 Å². The van der Waals surface area contributed by atoms with Gasteiger partial charge in [0.15, 0.2) is 0 Å². The zero-order valence-electron chi connectivity index (χ0n) is 9.87. The summed E-state index contributed by atoms with van der Waals surface area (Å²) in [6.45, 7) is 3.77. The summed E-state index contributed by atoms with van der Waals surface area (Å²) in [5.41, 5.74) is 5.59. The Morgan fingerprint density at radius 2 is 2.07 bits per heavy atom. The van der Waals surface area contributed by atoms with Crippen molar-refractivity contribution in [2.75, 3.05) is 13.1 Å². The fraction of sp³-hybridized carbons (Fsp3) is 0.917. The summed E-state index contributed by atoms with van der Waals surface area (Å²) in [5, 5.41) is 0. The van der Waals surface area contributed by atoms with Crippen molar-refractivity contribution < 1.29 is 4.79 Å². The van der Waals surface area contributed by atoms with Gasteiger partial charge in [0.25, 0.3) is 0 Å². The number of amides is 1. The van der Waals surface area contributed by atoms with Gasteiger partial charge in [0.05, 0.1) is 0 Å². The van der Waals surface area contributed by atoms with E-state index in [1.54, 1.807) is 0 Å². The molecular weight excluding hydrogens is 188 g/mol. The molecule has 0 saturated carbocycles. The number of carbonyl (C=O) groups excluding carboxylic acids is 1. The highest BCUT2D eigenvalue weighted by Gasteiger charge is 2.22. The summed E-state index contributed by atoms with van der Waals surface area (Å²) in [6, 6.07) is 0.376. The molecule has 1 heterocycles. The maximum atomic E-state index is 11.9. The molecule has 1 atom stereocenters. The molecular formula is C12H24N2O. The van der Waals surface area contributed by atoms with Crippen molar-refractivity contribution in [2.45, 2.75) is 57.9 Å². The maximum absolute atomic E-state index is 11.9. The molecule has 0 aromatic heterocycles. The van der Waals surface area contributed by atoms with Crippen LogP contribution < -0.4 is 5.73 Å². The molecule has 0 radical (unpaired) electrons. The molecule has 0 aromatic carbocycles. The summed E-state index contributed by atoms with van der Waals surface area (Å²) < 4.78 is 0. The topological polar surface area (TPSA) is 46.3 Å². The predicted octanol–water partition coefficient (Wildman–Crippen LogP) is 1.91. The highest BCUT2D eigenvalue weighted by atomic mass is 16.2. The van der Waals surface area contributed by atoms with Gasteiger partial charge in [-0.15, -0.1) is 0 Å². The largest absolute Gasteiger partial charge is 0.340 e. The number of hydrogen-bond donors (Lipinski definition) is 1. The monoisotopic (exact) mass is 212 g/mol. The average molecular weight is 212 g/mol. The lowest BCUT2D eigenvalue weighted by molar-refractivity contribution is -0.134. The molecule has 2 N–H and O–H groups in total. The summed E-state index contributed by atoms with van der Waals surface area (Å²) >= 11 is 0. The van der Waals surface area contributed by atoms with Crippen LogP contribution in [0.2, 0.25) is 0 Å². The van der Waals surface area contributed by atoms with Crippen LogP contribution in [0.1, 0.15) is 51.9 Å². The van der Waals surface area contributed by atoms with Gasteiger partial charge in [-0.1, -0.05) is 19.8 Å². The molecule has 1 aliphatic rings. The molecule has 1 aliphatic heterocycles. The van der Waals surface area contributed by atoms with Crippen LogP contribution in [-0.2, 0) is 4.79 Å². The molecule has 3 heteroatoms. The molecule has 15 heavy (non-hydrogen) atoms. The second kappa shape index (κ2) is 6.83. The fourth-order valence-corrected chi connectivity index (χ4v) is 2.34. The van der Waals surface area contributed by atoms with Crippen molar-refractivity contribution in [1.82, 2.24) is 4.90 Å². The smallest absolute Gasteiger partial charge is 0.222 e. The van der Waals surface area contributed by atoms with Gasteiger partial charge in [-0.05, 0) is 32.2 Å². The highest BCUT2D eigenvalue weighted by Crippen LogP contribution is 2.17. The first-order chi connectivity index (χ1) is 7.29. The van der Waals surface area contributed by atoms with Crippen LogP contribution >= 0.6 is 0 Å². The number of likely N-dealkylation sites (tertiary alicyclic amines) is 1. The van der Waals surface area contributed by atoms with E-state index >= 15 is 0 Å². The average Bonchev–Trinajstić information content (AvgIpc) is 2.22. The molecule has 3 nitrogen and oxygen atoms in total. The maximum Gasteiger partial charge on any atom is 0.222 e. The van der Waals surface area contributed by atoms with Gasteiger partial charge in [0.2, 0.25) is 5.91 Å². The lowest BCUT2D eigenvalue weighted by Gasteiger charge is -2.32. The van der Waals surface area contributed by atoms with Gasteiger partial charge in [-0.25, -0.2) is 0 Å². The van der Waals surface area contributed by atoms with E-state index in [-0.39, 0.29) is 0 Å². The van der Waals surface area contributed by atoms with Crippen LogP contribution in [-0.4, -0.2) is 29.9 Å². The van der Waals surface area contributed by atoms with E-state index in [4.69, 9.17) is 5.73 Å². The van der Waals surface area contributed by atoms with Gasteiger partial charge >= 0.3 is 0 Å². The molecule has 1 rings (SSSR count). The van der Waals surface area contributed by atoms with E-state index in [9.17, 15) is 4.79 Å². The van der Waals surface area contributed by atoms with Gasteiger partial charge in [0.1, 0.15) is 0 Å². The van der Waals surface area contributed by atoms with Crippen LogP contribution in [0.3, 0.4) is 0 Å². The van der Waals surface area contributed by atoms with E-state index in [2.05, 4.69) is 11.8 Å². The molecule has 88 valence electrons. The minimum Gasteiger partial charge on any atom is -0.340 e. The number of rotatable bonds is 4. The molecule has 0 aliphatic carbocycles. The summed E-state index contributed by atoms with van der Waals surface area (Å²) in [4.78, 5) is 14.0. The number of carbonyl (C=O) groups is 1. The molecule has 0 bridgehead atoms. The van der Waals surface area contributed by atoms with Crippen molar-refractivity contribution in [2.24, 2.45) is 5.73 Å². The Bertz CT molecular complexity index is 194. The fourth-order valence-electron chi connectivity index (χ4n) is 2.34. The van der Waals surface area contributed by atoms with E-state index in [0.29, 0.717) is 18.5 Å². The van der Waals surface area contributed by atoms with E-state index in [0.717, 1.165) is 38.6 Å². The Morgan fingerprint density at radius 3 is 2.73 bits per heavy atom. The molecule has 0 aromatic rings. The molecule has 1 saturated heterocycles. The van der Waals surface area contributed by atoms with E-state index in [1.807, 2.05) is 0 Å². The Hall–Kier alpha value is -0.570. The lowest BCUT2D eigenvalue weighted by atomic mass is 10.0. The number of hydrogen-bond acceptors (Lipinski definition) is 2. The van der Waals surface area contributed by atoms with E-state index < -0.39 is 0 Å². The molecule has 1 amide bonds.